The highest BCUT2D eigenvalue weighted by Gasteiger charge is 2.49. The molecule has 1 aliphatic rings. The van der Waals surface area contributed by atoms with Crippen molar-refractivity contribution >= 4 is 5.97 Å². The molecular formula is C16H17N3O4. The van der Waals surface area contributed by atoms with Crippen LogP contribution in [0, 0.1) is 0 Å². The number of aliphatic carboxylic acids is 1. The summed E-state index contributed by atoms with van der Waals surface area (Å²) < 4.78 is 11.3. The van der Waals surface area contributed by atoms with Gasteiger partial charge < -0.3 is 14.6 Å². The molecule has 0 spiro atoms. The number of carbonyl (C=O) groups is 1. The monoisotopic (exact) mass is 315 g/mol. The van der Waals surface area contributed by atoms with E-state index >= 15 is 0 Å². The summed E-state index contributed by atoms with van der Waals surface area (Å²) >= 11 is 0. The Hall–Kier alpha value is -2.51. The fourth-order valence-corrected chi connectivity index (χ4v) is 2.64. The van der Waals surface area contributed by atoms with Crippen LogP contribution in [0.3, 0.4) is 0 Å². The standard InChI is InChI=1S/C16H17N3O4/c20-15(21)16(13-4-2-1-3-5-13,19-8-10-22-11-9-19)23-14-6-7-17-12-18-14/h1-7,12H,8-11H2,(H,20,21). The zero-order valence-corrected chi connectivity index (χ0v) is 12.5. The van der Waals surface area contributed by atoms with Crippen molar-refractivity contribution in [2.75, 3.05) is 26.3 Å². The number of nitrogens with zero attached hydrogens (tertiary/aromatic N) is 3. The molecule has 0 aliphatic carbocycles. The number of morpholine rings is 1. The Morgan fingerprint density at radius 3 is 2.57 bits per heavy atom. The number of hydrogen-bond donors (Lipinski definition) is 1. The van der Waals surface area contributed by atoms with Crippen LogP contribution in [0.2, 0.25) is 0 Å². The van der Waals surface area contributed by atoms with Crippen LogP contribution in [0.1, 0.15) is 5.56 Å². The van der Waals surface area contributed by atoms with Crippen molar-refractivity contribution in [3.8, 4) is 5.88 Å². The summed E-state index contributed by atoms with van der Waals surface area (Å²) in [5, 5.41) is 10.0. The minimum atomic E-state index is -1.65. The summed E-state index contributed by atoms with van der Waals surface area (Å²) in [5.74, 6) is -0.887. The largest absolute Gasteiger partial charge is 0.477 e. The Kier molecular flexibility index (Phi) is 4.50. The van der Waals surface area contributed by atoms with Crippen molar-refractivity contribution in [2.24, 2.45) is 0 Å². The summed E-state index contributed by atoms with van der Waals surface area (Å²) in [4.78, 5) is 21.9. The van der Waals surface area contributed by atoms with Crippen molar-refractivity contribution < 1.29 is 19.4 Å². The van der Waals surface area contributed by atoms with Gasteiger partial charge in [0.15, 0.2) is 0 Å². The zero-order valence-electron chi connectivity index (χ0n) is 12.5. The SMILES string of the molecule is O=C(O)C(Oc1ccncn1)(c1ccccc1)N1CCOCC1. The average molecular weight is 315 g/mol. The molecule has 2 heterocycles. The highest BCUT2D eigenvalue weighted by Crippen LogP contribution is 2.32. The maximum Gasteiger partial charge on any atom is 0.369 e. The van der Waals surface area contributed by atoms with E-state index in [0.717, 1.165) is 0 Å². The Morgan fingerprint density at radius 2 is 1.96 bits per heavy atom. The molecule has 0 bridgehead atoms. The minimum Gasteiger partial charge on any atom is -0.477 e. The van der Waals surface area contributed by atoms with E-state index in [4.69, 9.17) is 9.47 Å². The van der Waals surface area contributed by atoms with Crippen LogP contribution in [-0.4, -0.2) is 52.2 Å². The van der Waals surface area contributed by atoms with E-state index in [-0.39, 0.29) is 5.88 Å². The van der Waals surface area contributed by atoms with Crippen LogP contribution in [0.5, 0.6) is 5.88 Å². The first-order valence-electron chi connectivity index (χ1n) is 7.30. The minimum absolute atomic E-state index is 0.206. The van der Waals surface area contributed by atoms with Gasteiger partial charge >= 0.3 is 5.97 Å². The molecule has 2 aromatic rings. The lowest BCUT2D eigenvalue weighted by atomic mass is 10.00. The number of hydrogen-bond acceptors (Lipinski definition) is 6. The van der Waals surface area contributed by atoms with E-state index in [1.807, 2.05) is 6.07 Å². The summed E-state index contributed by atoms with van der Waals surface area (Å²) in [6.07, 6.45) is 2.84. The van der Waals surface area contributed by atoms with E-state index in [9.17, 15) is 9.90 Å². The molecule has 0 saturated carbocycles. The highest BCUT2D eigenvalue weighted by molar-refractivity contribution is 5.79. The number of carboxylic acid groups (broad SMARTS) is 1. The van der Waals surface area contributed by atoms with Crippen LogP contribution in [-0.2, 0) is 15.3 Å². The molecule has 7 nitrogen and oxygen atoms in total. The summed E-state index contributed by atoms with van der Waals surface area (Å²) in [7, 11) is 0. The molecule has 23 heavy (non-hydrogen) atoms. The third-order valence-corrected chi connectivity index (χ3v) is 3.72. The molecule has 1 unspecified atom stereocenters. The number of aromatic nitrogens is 2. The lowest BCUT2D eigenvalue weighted by Gasteiger charge is -2.41. The predicted octanol–water partition coefficient (Wildman–Crippen LogP) is 1.13. The fraction of sp³-hybridized carbons (Fsp3) is 0.312. The third kappa shape index (κ3) is 3.01. The summed E-state index contributed by atoms with van der Waals surface area (Å²) in [5.41, 5.74) is -1.12. The molecule has 1 atom stereocenters. The number of benzene rings is 1. The molecule has 1 aliphatic heterocycles. The van der Waals surface area contributed by atoms with Gasteiger partial charge in [-0.05, 0) is 0 Å². The Balaban J connectivity index is 2.07. The lowest BCUT2D eigenvalue weighted by Crippen LogP contribution is -2.59. The van der Waals surface area contributed by atoms with Crippen molar-refractivity contribution in [2.45, 2.75) is 5.72 Å². The Labute approximate surface area is 133 Å². The first-order valence-corrected chi connectivity index (χ1v) is 7.30. The van der Waals surface area contributed by atoms with Crippen molar-refractivity contribution in [1.29, 1.82) is 0 Å². The molecule has 120 valence electrons. The van der Waals surface area contributed by atoms with Crippen LogP contribution < -0.4 is 4.74 Å². The van der Waals surface area contributed by atoms with Crippen molar-refractivity contribution in [1.82, 2.24) is 14.9 Å². The summed E-state index contributed by atoms with van der Waals surface area (Å²) in [6.45, 7) is 1.81. The van der Waals surface area contributed by atoms with Crippen LogP contribution >= 0.6 is 0 Å². The van der Waals surface area contributed by atoms with Gasteiger partial charge in [0.2, 0.25) is 5.88 Å². The average Bonchev–Trinajstić information content (AvgIpc) is 2.62. The normalized spacial score (nSPS) is 18.1. The van der Waals surface area contributed by atoms with Crippen LogP contribution in [0.4, 0.5) is 0 Å². The molecule has 3 rings (SSSR count). The maximum atomic E-state index is 12.3. The van der Waals surface area contributed by atoms with Gasteiger partial charge in [0, 0.05) is 30.9 Å². The van der Waals surface area contributed by atoms with E-state index < -0.39 is 11.7 Å². The van der Waals surface area contributed by atoms with Gasteiger partial charge in [0.1, 0.15) is 6.33 Å². The zero-order chi connectivity index (χ0) is 16.1. The second-order valence-corrected chi connectivity index (χ2v) is 5.06. The van der Waals surface area contributed by atoms with Crippen LogP contribution in [0.15, 0.2) is 48.9 Å². The summed E-state index contributed by atoms with van der Waals surface area (Å²) in [6, 6.07) is 10.4. The second-order valence-electron chi connectivity index (χ2n) is 5.06. The topological polar surface area (TPSA) is 84.8 Å². The molecule has 1 aromatic carbocycles. The Morgan fingerprint density at radius 1 is 1.22 bits per heavy atom. The molecule has 1 aromatic heterocycles. The van der Waals surface area contributed by atoms with Gasteiger partial charge in [0.05, 0.1) is 13.2 Å². The molecular weight excluding hydrogens is 298 g/mol. The first kappa shape index (κ1) is 15.4. The van der Waals surface area contributed by atoms with Gasteiger partial charge in [0.25, 0.3) is 5.72 Å². The van der Waals surface area contributed by atoms with Gasteiger partial charge in [-0.2, -0.15) is 0 Å². The number of carboxylic acids is 1. The van der Waals surface area contributed by atoms with Crippen molar-refractivity contribution in [3.63, 3.8) is 0 Å². The van der Waals surface area contributed by atoms with Gasteiger partial charge in [-0.25, -0.2) is 19.7 Å². The number of ether oxygens (including phenoxy) is 2. The molecule has 7 heteroatoms. The van der Waals surface area contributed by atoms with E-state index in [2.05, 4.69) is 9.97 Å². The van der Waals surface area contributed by atoms with Crippen molar-refractivity contribution in [3.05, 3.63) is 54.5 Å². The maximum absolute atomic E-state index is 12.3. The second kappa shape index (κ2) is 6.72. The smallest absolute Gasteiger partial charge is 0.369 e. The quantitative estimate of drug-likeness (QED) is 0.885. The molecule has 1 fully saturated rings. The van der Waals surface area contributed by atoms with Gasteiger partial charge in [-0.1, -0.05) is 30.3 Å². The molecule has 1 N–H and O–H groups in total. The Bertz CT molecular complexity index is 647. The highest BCUT2D eigenvalue weighted by atomic mass is 16.6. The fourth-order valence-electron chi connectivity index (χ4n) is 2.64. The molecule has 0 amide bonds. The van der Waals surface area contributed by atoms with Gasteiger partial charge in [-0.3, -0.25) is 0 Å². The molecule has 1 saturated heterocycles. The molecule has 0 radical (unpaired) electrons. The van der Waals surface area contributed by atoms with E-state index in [1.165, 1.54) is 12.5 Å². The predicted molar refractivity (Wildman–Crippen MR) is 80.8 cm³/mol. The van der Waals surface area contributed by atoms with E-state index in [1.54, 1.807) is 35.2 Å². The van der Waals surface area contributed by atoms with E-state index in [0.29, 0.717) is 31.9 Å². The van der Waals surface area contributed by atoms with Gasteiger partial charge in [-0.15, -0.1) is 0 Å². The first-order chi connectivity index (χ1) is 11.2. The number of rotatable bonds is 5. The third-order valence-electron chi connectivity index (χ3n) is 3.72. The van der Waals surface area contributed by atoms with Crippen LogP contribution in [0.25, 0.3) is 0 Å². The lowest BCUT2D eigenvalue weighted by molar-refractivity contribution is -0.187.